The number of nitro groups is 1. The van der Waals surface area contributed by atoms with Crippen molar-refractivity contribution in [3.05, 3.63) is 52.0 Å². The largest absolute Gasteiger partial charge is 0.460 e. The van der Waals surface area contributed by atoms with E-state index in [9.17, 15) is 18.5 Å². The van der Waals surface area contributed by atoms with Gasteiger partial charge in [0, 0.05) is 25.2 Å². The molecular weight excluding hydrogens is 360 g/mol. The highest BCUT2D eigenvalue weighted by Gasteiger charge is 2.27. The SMILES string of the molecule is CCN(CC)S(=O)(=O)c1cc([N+](=O)[O-])ccc1N/N=C\c1ccc(C)o1. The van der Waals surface area contributed by atoms with Crippen LogP contribution in [-0.2, 0) is 10.0 Å². The number of non-ortho nitro benzene ring substituents is 1. The third-order valence-electron chi connectivity index (χ3n) is 3.64. The zero-order chi connectivity index (χ0) is 19.3. The maximum atomic E-state index is 12.8. The number of hydrazone groups is 1. The molecule has 0 atom stereocenters. The van der Waals surface area contributed by atoms with Crippen molar-refractivity contribution in [1.29, 1.82) is 0 Å². The summed E-state index contributed by atoms with van der Waals surface area (Å²) >= 11 is 0. The van der Waals surface area contributed by atoms with E-state index >= 15 is 0 Å². The Morgan fingerprint density at radius 2 is 1.96 bits per heavy atom. The first-order valence-corrected chi connectivity index (χ1v) is 9.37. The van der Waals surface area contributed by atoms with Crippen LogP contribution in [-0.4, -0.2) is 37.0 Å². The average molecular weight is 380 g/mol. The number of benzene rings is 1. The number of hydrogen-bond donors (Lipinski definition) is 1. The van der Waals surface area contributed by atoms with Crippen molar-refractivity contribution in [2.24, 2.45) is 5.10 Å². The molecule has 140 valence electrons. The lowest BCUT2D eigenvalue weighted by molar-refractivity contribution is -0.385. The highest BCUT2D eigenvalue weighted by molar-refractivity contribution is 7.89. The molecule has 0 aliphatic carbocycles. The number of aryl methyl sites for hydroxylation is 1. The normalized spacial score (nSPS) is 12.0. The number of anilines is 1. The number of nitrogens with one attached hydrogen (secondary N) is 1. The lowest BCUT2D eigenvalue weighted by Gasteiger charge is -2.20. The summed E-state index contributed by atoms with van der Waals surface area (Å²) in [5.74, 6) is 1.21. The maximum absolute atomic E-state index is 12.8. The first-order chi connectivity index (χ1) is 12.3. The molecule has 1 aromatic heterocycles. The molecule has 0 aliphatic heterocycles. The van der Waals surface area contributed by atoms with Gasteiger partial charge in [0.1, 0.15) is 16.4 Å². The van der Waals surface area contributed by atoms with E-state index in [2.05, 4.69) is 10.5 Å². The molecule has 0 radical (unpaired) electrons. The van der Waals surface area contributed by atoms with Crippen LogP contribution in [0, 0.1) is 17.0 Å². The topological polar surface area (TPSA) is 118 Å². The Kier molecular flexibility index (Phi) is 6.11. The van der Waals surface area contributed by atoms with Crippen molar-refractivity contribution in [2.45, 2.75) is 25.7 Å². The number of hydrogen-bond acceptors (Lipinski definition) is 7. The second-order valence-corrected chi connectivity index (χ2v) is 7.25. The number of nitrogens with zero attached hydrogens (tertiary/aromatic N) is 3. The summed E-state index contributed by atoms with van der Waals surface area (Å²) in [7, 11) is -3.91. The Balaban J connectivity index is 2.42. The summed E-state index contributed by atoms with van der Waals surface area (Å²) < 4.78 is 32.2. The quantitative estimate of drug-likeness (QED) is 0.427. The van der Waals surface area contributed by atoms with E-state index in [1.165, 1.54) is 22.7 Å². The summed E-state index contributed by atoms with van der Waals surface area (Å²) in [6, 6.07) is 7.05. The second-order valence-electron chi connectivity index (χ2n) is 5.35. The predicted octanol–water partition coefficient (Wildman–Crippen LogP) is 2.97. The molecule has 26 heavy (non-hydrogen) atoms. The molecule has 9 nitrogen and oxygen atoms in total. The van der Waals surface area contributed by atoms with Crippen LogP contribution in [0.1, 0.15) is 25.4 Å². The van der Waals surface area contributed by atoms with Crippen LogP contribution in [0.2, 0.25) is 0 Å². The number of nitro benzene ring substituents is 1. The minimum Gasteiger partial charge on any atom is -0.460 e. The van der Waals surface area contributed by atoms with Crippen LogP contribution in [0.3, 0.4) is 0 Å². The van der Waals surface area contributed by atoms with Crippen molar-refractivity contribution >= 4 is 27.6 Å². The van der Waals surface area contributed by atoms with Crippen molar-refractivity contribution in [3.63, 3.8) is 0 Å². The third kappa shape index (κ3) is 4.27. The van der Waals surface area contributed by atoms with Gasteiger partial charge in [0.25, 0.3) is 5.69 Å². The molecule has 0 fully saturated rings. The van der Waals surface area contributed by atoms with Gasteiger partial charge in [-0.3, -0.25) is 15.5 Å². The van der Waals surface area contributed by atoms with Crippen LogP contribution < -0.4 is 5.43 Å². The molecule has 1 aromatic carbocycles. The number of rotatable bonds is 8. The fourth-order valence-electron chi connectivity index (χ4n) is 2.32. The molecular formula is C16H20N4O5S. The smallest absolute Gasteiger partial charge is 0.270 e. The molecule has 0 spiro atoms. The summed E-state index contributed by atoms with van der Waals surface area (Å²) in [6.45, 7) is 5.67. The van der Waals surface area contributed by atoms with Crippen LogP contribution in [0.4, 0.5) is 11.4 Å². The van der Waals surface area contributed by atoms with Crippen LogP contribution in [0.25, 0.3) is 0 Å². The lowest BCUT2D eigenvalue weighted by Crippen LogP contribution is -2.31. The van der Waals surface area contributed by atoms with Gasteiger partial charge in [0.15, 0.2) is 0 Å². The summed E-state index contributed by atoms with van der Waals surface area (Å²) in [5, 5.41) is 15.0. The third-order valence-corrected chi connectivity index (χ3v) is 5.73. The molecule has 0 amide bonds. The maximum Gasteiger partial charge on any atom is 0.270 e. The molecule has 2 rings (SSSR count). The fourth-order valence-corrected chi connectivity index (χ4v) is 3.94. The van der Waals surface area contributed by atoms with Crippen molar-refractivity contribution in [1.82, 2.24) is 4.31 Å². The van der Waals surface area contributed by atoms with Gasteiger partial charge in [-0.25, -0.2) is 8.42 Å². The van der Waals surface area contributed by atoms with E-state index in [4.69, 9.17) is 4.42 Å². The van der Waals surface area contributed by atoms with E-state index < -0.39 is 14.9 Å². The van der Waals surface area contributed by atoms with Crippen molar-refractivity contribution in [3.8, 4) is 0 Å². The first kappa shape index (κ1) is 19.6. The standard InChI is InChI=1S/C16H20N4O5S/c1-4-19(5-2)26(23,24)16-10-13(20(21)22)7-9-15(16)18-17-11-14-8-6-12(3)25-14/h6-11,18H,4-5H2,1-3H3/b17-11-. The van der Waals surface area contributed by atoms with Gasteiger partial charge in [-0.2, -0.15) is 9.41 Å². The van der Waals surface area contributed by atoms with Gasteiger partial charge in [-0.1, -0.05) is 13.8 Å². The molecule has 0 saturated heterocycles. The lowest BCUT2D eigenvalue weighted by atomic mass is 10.3. The summed E-state index contributed by atoms with van der Waals surface area (Å²) in [6.07, 6.45) is 1.39. The Morgan fingerprint density at radius 1 is 1.27 bits per heavy atom. The molecule has 1 N–H and O–H groups in total. The Morgan fingerprint density at radius 3 is 2.50 bits per heavy atom. The van der Waals surface area contributed by atoms with E-state index in [1.807, 2.05) is 0 Å². The van der Waals surface area contributed by atoms with Gasteiger partial charge < -0.3 is 4.42 Å². The van der Waals surface area contributed by atoms with Gasteiger partial charge in [-0.15, -0.1) is 0 Å². The minimum atomic E-state index is -3.91. The van der Waals surface area contributed by atoms with Gasteiger partial charge >= 0.3 is 0 Å². The van der Waals surface area contributed by atoms with E-state index in [0.717, 1.165) is 6.07 Å². The van der Waals surface area contributed by atoms with Crippen LogP contribution in [0.15, 0.2) is 44.7 Å². The zero-order valence-corrected chi connectivity index (χ0v) is 15.5. The summed E-state index contributed by atoms with van der Waals surface area (Å²) in [5.41, 5.74) is 2.46. The highest BCUT2D eigenvalue weighted by Crippen LogP contribution is 2.29. The molecule has 0 unspecified atom stereocenters. The Labute approximate surface area is 151 Å². The fraction of sp³-hybridized carbons (Fsp3) is 0.312. The number of furan rings is 1. The molecule has 1 heterocycles. The Bertz CT molecular complexity index is 916. The minimum absolute atomic E-state index is 0.141. The average Bonchev–Trinajstić information content (AvgIpc) is 3.01. The molecule has 10 heteroatoms. The Hall–Kier alpha value is -2.72. The van der Waals surface area contributed by atoms with Gasteiger partial charge in [-0.05, 0) is 25.1 Å². The highest BCUT2D eigenvalue weighted by atomic mass is 32.2. The van der Waals surface area contributed by atoms with E-state index in [0.29, 0.717) is 11.5 Å². The predicted molar refractivity (Wildman–Crippen MR) is 97.9 cm³/mol. The van der Waals surface area contributed by atoms with Gasteiger partial charge in [0.05, 0.1) is 16.8 Å². The molecule has 2 aromatic rings. The molecule has 0 bridgehead atoms. The summed E-state index contributed by atoms with van der Waals surface area (Å²) in [4.78, 5) is 10.2. The first-order valence-electron chi connectivity index (χ1n) is 7.93. The molecule has 0 aliphatic rings. The van der Waals surface area contributed by atoms with Crippen molar-refractivity contribution in [2.75, 3.05) is 18.5 Å². The van der Waals surface area contributed by atoms with Gasteiger partial charge in [0.2, 0.25) is 10.0 Å². The van der Waals surface area contributed by atoms with E-state index in [1.54, 1.807) is 32.9 Å². The second kappa shape index (κ2) is 8.11. The van der Waals surface area contributed by atoms with Crippen LogP contribution >= 0.6 is 0 Å². The monoisotopic (exact) mass is 380 g/mol. The van der Waals surface area contributed by atoms with Crippen molar-refractivity contribution < 1.29 is 17.8 Å². The van der Waals surface area contributed by atoms with E-state index in [-0.39, 0.29) is 29.4 Å². The zero-order valence-electron chi connectivity index (χ0n) is 14.7. The van der Waals surface area contributed by atoms with Crippen LogP contribution in [0.5, 0.6) is 0 Å². The molecule has 0 saturated carbocycles. The number of sulfonamides is 1.